The van der Waals surface area contributed by atoms with Crippen LogP contribution in [0, 0.1) is 16.2 Å². The molecule has 118 valence electrons. The molecule has 3 N–H and O–H groups in total. The second-order valence-electron chi connectivity index (χ2n) is 7.46. The van der Waals surface area contributed by atoms with Crippen LogP contribution in [0.5, 0.6) is 0 Å². The zero-order valence-electron chi connectivity index (χ0n) is 14.8. The maximum atomic E-state index is 11.0. The van der Waals surface area contributed by atoms with Crippen LogP contribution in [0.25, 0.3) is 0 Å². The van der Waals surface area contributed by atoms with Crippen molar-refractivity contribution in [2.45, 2.75) is 67.9 Å². The van der Waals surface area contributed by atoms with E-state index in [9.17, 15) is 5.11 Å². The van der Waals surface area contributed by atoms with Crippen molar-refractivity contribution in [1.82, 2.24) is 0 Å². The first kappa shape index (κ1) is 27.9. The standard InChI is InChI=1S/C13H28O.2CH4O.Ti/c1-10(2,3)13(14,11(4,5)6)12(7,8)9;2*1-2;/h14H,1-9H3;2*2H,1H3;. The first-order valence-electron chi connectivity index (χ1n) is 6.37. The van der Waals surface area contributed by atoms with Gasteiger partial charge in [-0.25, -0.2) is 0 Å². The first-order valence-corrected chi connectivity index (χ1v) is 6.37. The second kappa shape index (κ2) is 9.52. The van der Waals surface area contributed by atoms with Crippen LogP contribution in [-0.4, -0.2) is 35.1 Å². The minimum atomic E-state index is -0.687. The molecule has 0 atom stereocenters. The van der Waals surface area contributed by atoms with E-state index in [4.69, 9.17) is 10.2 Å². The zero-order valence-corrected chi connectivity index (χ0v) is 16.4. The van der Waals surface area contributed by atoms with Gasteiger partial charge in [0.05, 0.1) is 5.60 Å². The minimum absolute atomic E-state index is 0. The molecule has 0 heterocycles. The van der Waals surface area contributed by atoms with Crippen LogP contribution >= 0.6 is 0 Å². The molecular weight excluding hydrogens is 276 g/mol. The van der Waals surface area contributed by atoms with Crippen LogP contribution < -0.4 is 0 Å². The number of aliphatic hydroxyl groups is 3. The Balaban J connectivity index is -0.000000204. The first-order chi connectivity index (χ1) is 7.75. The molecule has 0 aliphatic rings. The molecule has 0 aliphatic heterocycles. The Bertz CT molecular complexity index is 171. The molecule has 0 aromatic carbocycles. The summed E-state index contributed by atoms with van der Waals surface area (Å²) >= 11 is 0. The summed E-state index contributed by atoms with van der Waals surface area (Å²) in [6.07, 6.45) is 0. The predicted octanol–water partition coefficient (Wildman–Crippen LogP) is 3.07. The van der Waals surface area contributed by atoms with Gasteiger partial charge in [0.25, 0.3) is 0 Å². The molecule has 0 amide bonds. The van der Waals surface area contributed by atoms with E-state index in [2.05, 4.69) is 62.3 Å². The number of hydrogen-bond acceptors (Lipinski definition) is 3. The van der Waals surface area contributed by atoms with Gasteiger partial charge in [-0.1, -0.05) is 62.3 Å². The average Bonchev–Trinajstić information content (AvgIpc) is 2.17. The maximum Gasteiger partial charge on any atom is 0.0791 e. The van der Waals surface area contributed by atoms with Crippen molar-refractivity contribution in [2.75, 3.05) is 14.2 Å². The van der Waals surface area contributed by atoms with E-state index in [1.807, 2.05) is 0 Å². The molecule has 0 aromatic rings. The maximum absolute atomic E-state index is 11.0. The molecule has 0 unspecified atom stereocenters. The van der Waals surface area contributed by atoms with E-state index in [1.165, 1.54) is 0 Å². The molecule has 0 aromatic heterocycles. The van der Waals surface area contributed by atoms with Gasteiger partial charge in [-0.3, -0.25) is 0 Å². The minimum Gasteiger partial charge on any atom is -0.400 e. The zero-order chi connectivity index (χ0) is 16.0. The third kappa shape index (κ3) is 6.72. The molecule has 0 saturated heterocycles. The van der Waals surface area contributed by atoms with Crippen LogP contribution in [-0.2, 0) is 21.7 Å². The quantitative estimate of drug-likeness (QED) is 0.602. The second-order valence-corrected chi connectivity index (χ2v) is 7.46. The van der Waals surface area contributed by atoms with Crippen molar-refractivity contribution in [1.29, 1.82) is 0 Å². The van der Waals surface area contributed by atoms with E-state index in [0.717, 1.165) is 14.2 Å². The summed E-state index contributed by atoms with van der Waals surface area (Å²) in [7, 11) is 2.00. The van der Waals surface area contributed by atoms with Crippen molar-refractivity contribution in [3.63, 3.8) is 0 Å². The van der Waals surface area contributed by atoms with Gasteiger partial charge >= 0.3 is 0 Å². The summed E-state index contributed by atoms with van der Waals surface area (Å²) < 4.78 is 0. The van der Waals surface area contributed by atoms with Gasteiger partial charge in [0.2, 0.25) is 0 Å². The summed E-state index contributed by atoms with van der Waals surface area (Å²) in [5.74, 6) is 0. The van der Waals surface area contributed by atoms with Gasteiger partial charge in [0.1, 0.15) is 0 Å². The largest absolute Gasteiger partial charge is 0.400 e. The van der Waals surface area contributed by atoms with E-state index < -0.39 is 5.60 Å². The van der Waals surface area contributed by atoms with E-state index >= 15 is 0 Å². The Labute approximate surface area is 135 Å². The molecule has 0 spiro atoms. The summed E-state index contributed by atoms with van der Waals surface area (Å²) in [6, 6.07) is 0. The SMILES string of the molecule is CC(C)(C)C(O)(C(C)(C)C)C(C)(C)C.CO.CO.[Ti]. The predicted molar refractivity (Wildman–Crippen MR) is 79.6 cm³/mol. The third-order valence-electron chi connectivity index (χ3n) is 3.26. The molecular formula is C15H36O3Ti. The number of hydrogen-bond donors (Lipinski definition) is 3. The fraction of sp³-hybridized carbons (Fsp3) is 1.00. The summed E-state index contributed by atoms with van der Waals surface area (Å²) in [4.78, 5) is 0. The summed E-state index contributed by atoms with van der Waals surface area (Å²) in [5.41, 5.74) is -1.05. The van der Waals surface area contributed by atoms with Gasteiger partial charge in [-0.15, -0.1) is 0 Å². The van der Waals surface area contributed by atoms with Crippen LogP contribution in [0.1, 0.15) is 62.3 Å². The van der Waals surface area contributed by atoms with Crippen LogP contribution in [0.15, 0.2) is 0 Å². The Morgan fingerprint density at radius 2 is 0.579 bits per heavy atom. The van der Waals surface area contributed by atoms with Gasteiger partial charge in [0.15, 0.2) is 0 Å². The smallest absolute Gasteiger partial charge is 0.0791 e. The average molecular weight is 312 g/mol. The van der Waals surface area contributed by atoms with Gasteiger partial charge in [-0.2, -0.15) is 0 Å². The van der Waals surface area contributed by atoms with Gasteiger partial charge in [-0.05, 0) is 16.2 Å². The fourth-order valence-corrected chi connectivity index (χ4v) is 3.38. The molecule has 0 fully saturated rings. The molecule has 3 nitrogen and oxygen atoms in total. The fourth-order valence-electron chi connectivity index (χ4n) is 3.38. The Morgan fingerprint density at radius 1 is 0.474 bits per heavy atom. The molecule has 0 bridgehead atoms. The van der Waals surface area contributed by atoms with E-state index in [-0.39, 0.29) is 38.0 Å². The Kier molecular flexibility index (Phi) is 14.0. The molecule has 0 aliphatic carbocycles. The summed E-state index contributed by atoms with van der Waals surface area (Å²) in [5, 5.41) is 25.0. The van der Waals surface area contributed by atoms with Crippen molar-refractivity contribution < 1.29 is 37.0 Å². The summed E-state index contributed by atoms with van der Waals surface area (Å²) in [6.45, 7) is 19.0. The van der Waals surface area contributed by atoms with Crippen LogP contribution in [0.3, 0.4) is 0 Å². The van der Waals surface area contributed by atoms with E-state index in [1.54, 1.807) is 0 Å². The Hall–Kier alpha value is 0.594. The monoisotopic (exact) mass is 312 g/mol. The topological polar surface area (TPSA) is 60.7 Å². The van der Waals surface area contributed by atoms with Crippen molar-refractivity contribution in [3.05, 3.63) is 0 Å². The van der Waals surface area contributed by atoms with Gasteiger partial charge < -0.3 is 15.3 Å². The van der Waals surface area contributed by atoms with Crippen molar-refractivity contribution in [3.8, 4) is 0 Å². The molecule has 0 rings (SSSR count). The van der Waals surface area contributed by atoms with Crippen molar-refractivity contribution in [2.24, 2.45) is 16.2 Å². The Morgan fingerprint density at radius 3 is 0.579 bits per heavy atom. The third-order valence-corrected chi connectivity index (χ3v) is 3.26. The number of aliphatic hydroxyl groups excluding tert-OH is 2. The van der Waals surface area contributed by atoms with Crippen molar-refractivity contribution >= 4 is 0 Å². The normalized spacial score (nSPS) is 12.3. The van der Waals surface area contributed by atoms with E-state index in [0.29, 0.717) is 0 Å². The number of rotatable bonds is 0. The molecule has 0 saturated carbocycles. The molecule has 0 radical (unpaired) electrons. The van der Waals surface area contributed by atoms with Crippen LogP contribution in [0.2, 0.25) is 0 Å². The molecule has 19 heavy (non-hydrogen) atoms. The van der Waals surface area contributed by atoms with Gasteiger partial charge in [0, 0.05) is 35.9 Å². The molecule has 4 heteroatoms. The van der Waals surface area contributed by atoms with Crippen LogP contribution in [0.4, 0.5) is 0 Å².